The predicted octanol–water partition coefficient (Wildman–Crippen LogP) is 1.82. The standard InChI is InChI=1S/C16H16N2O5S/c1-11-9-13(16(20)21)7-8-14(11)18-24(22,23)10-17-15(19)12-5-3-2-4-6-12/h2-9,18H,10H2,1H3,(H,17,19)(H,20,21). The molecule has 0 aromatic heterocycles. The summed E-state index contributed by atoms with van der Waals surface area (Å²) in [6.45, 7) is 1.59. The Balaban J connectivity index is 2.04. The van der Waals surface area contributed by atoms with E-state index >= 15 is 0 Å². The first kappa shape index (κ1) is 17.5. The molecule has 0 aliphatic rings. The van der Waals surface area contributed by atoms with Crippen molar-refractivity contribution in [2.24, 2.45) is 0 Å². The topological polar surface area (TPSA) is 113 Å². The maximum atomic E-state index is 12.1. The van der Waals surface area contributed by atoms with Gasteiger partial charge in [0.15, 0.2) is 0 Å². The van der Waals surface area contributed by atoms with Gasteiger partial charge in [-0.25, -0.2) is 13.2 Å². The summed E-state index contributed by atoms with van der Waals surface area (Å²) in [5.74, 6) is -2.19. The van der Waals surface area contributed by atoms with Gasteiger partial charge >= 0.3 is 5.97 Å². The second-order valence-corrected chi connectivity index (χ2v) is 6.79. The Kier molecular flexibility index (Phi) is 5.20. The number of aryl methyl sites for hydroxylation is 1. The minimum Gasteiger partial charge on any atom is -0.478 e. The molecule has 0 unspecified atom stereocenters. The van der Waals surface area contributed by atoms with E-state index in [1.165, 1.54) is 18.2 Å². The molecule has 0 aliphatic carbocycles. The van der Waals surface area contributed by atoms with E-state index in [2.05, 4.69) is 10.0 Å². The third-order valence-corrected chi connectivity index (χ3v) is 4.25. The van der Waals surface area contributed by atoms with E-state index in [1.54, 1.807) is 37.3 Å². The summed E-state index contributed by atoms with van der Waals surface area (Å²) in [4.78, 5) is 22.7. The highest BCUT2D eigenvalue weighted by molar-refractivity contribution is 7.92. The van der Waals surface area contributed by atoms with Crippen LogP contribution in [-0.4, -0.2) is 31.3 Å². The Morgan fingerprint density at radius 2 is 1.71 bits per heavy atom. The van der Waals surface area contributed by atoms with Gasteiger partial charge < -0.3 is 10.4 Å². The highest BCUT2D eigenvalue weighted by atomic mass is 32.2. The normalized spacial score (nSPS) is 10.9. The first-order valence-corrected chi connectivity index (χ1v) is 8.61. The number of hydrogen-bond acceptors (Lipinski definition) is 4. The lowest BCUT2D eigenvalue weighted by molar-refractivity contribution is 0.0696. The van der Waals surface area contributed by atoms with E-state index in [-0.39, 0.29) is 11.3 Å². The van der Waals surface area contributed by atoms with Gasteiger partial charge in [0.25, 0.3) is 15.9 Å². The van der Waals surface area contributed by atoms with Gasteiger partial charge in [0.1, 0.15) is 5.88 Å². The highest BCUT2D eigenvalue weighted by Crippen LogP contribution is 2.18. The first-order chi connectivity index (χ1) is 11.3. The van der Waals surface area contributed by atoms with Crippen LogP contribution < -0.4 is 10.0 Å². The maximum absolute atomic E-state index is 12.1. The quantitative estimate of drug-likeness (QED) is 0.737. The van der Waals surface area contributed by atoms with Gasteiger partial charge in [0, 0.05) is 5.56 Å². The fourth-order valence-corrected chi connectivity index (χ4v) is 2.92. The Labute approximate surface area is 139 Å². The van der Waals surface area contributed by atoms with Gasteiger partial charge in [0.05, 0.1) is 11.3 Å². The van der Waals surface area contributed by atoms with Crippen molar-refractivity contribution < 1.29 is 23.1 Å². The first-order valence-electron chi connectivity index (χ1n) is 6.96. The van der Waals surface area contributed by atoms with E-state index in [0.29, 0.717) is 11.1 Å². The molecule has 24 heavy (non-hydrogen) atoms. The Morgan fingerprint density at radius 1 is 1.04 bits per heavy atom. The van der Waals surface area contributed by atoms with Gasteiger partial charge in [-0.15, -0.1) is 0 Å². The molecule has 0 bridgehead atoms. The van der Waals surface area contributed by atoms with Crippen molar-refractivity contribution >= 4 is 27.6 Å². The molecular weight excluding hydrogens is 332 g/mol. The zero-order chi connectivity index (χ0) is 17.7. The van der Waals surface area contributed by atoms with Crippen molar-refractivity contribution in [3.63, 3.8) is 0 Å². The number of hydrogen-bond donors (Lipinski definition) is 3. The fourth-order valence-electron chi connectivity index (χ4n) is 1.97. The summed E-state index contributed by atoms with van der Waals surface area (Å²) in [6.07, 6.45) is 0. The number of anilines is 1. The van der Waals surface area contributed by atoms with Gasteiger partial charge in [-0.3, -0.25) is 9.52 Å². The Bertz CT molecular complexity index is 863. The van der Waals surface area contributed by atoms with Crippen LogP contribution in [0.15, 0.2) is 48.5 Å². The molecule has 0 saturated heterocycles. The van der Waals surface area contributed by atoms with E-state index in [4.69, 9.17) is 5.11 Å². The number of rotatable bonds is 6. The molecule has 3 N–H and O–H groups in total. The molecule has 0 saturated carbocycles. The number of carbonyl (C=O) groups excluding carboxylic acids is 1. The summed E-state index contributed by atoms with van der Waals surface area (Å²) in [7, 11) is -3.82. The zero-order valence-corrected chi connectivity index (χ0v) is 13.6. The summed E-state index contributed by atoms with van der Waals surface area (Å²) in [6, 6.07) is 12.3. The van der Waals surface area contributed by atoms with E-state index < -0.39 is 27.8 Å². The number of carboxylic acid groups (broad SMARTS) is 1. The molecule has 2 aromatic rings. The maximum Gasteiger partial charge on any atom is 0.335 e. The Morgan fingerprint density at radius 3 is 2.29 bits per heavy atom. The fraction of sp³-hybridized carbons (Fsp3) is 0.125. The van der Waals surface area contributed by atoms with Crippen LogP contribution in [0.2, 0.25) is 0 Å². The number of nitrogens with one attached hydrogen (secondary N) is 2. The number of carboxylic acids is 1. The van der Waals surface area contributed by atoms with Crippen molar-refractivity contribution in [1.29, 1.82) is 0 Å². The van der Waals surface area contributed by atoms with Crippen LogP contribution in [0.4, 0.5) is 5.69 Å². The smallest absolute Gasteiger partial charge is 0.335 e. The monoisotopic (exact) mass is 348 g/mol. The SMILES string of the molecule is Cc1cc(C(=O)O)ccc1NS(=O)(=O)CNC(=O)c1ccccc1. The van der Waals surface area contributed by atoms with E-state index in [0.717, 1.165) is 0 Å². The van der Waals surface area contributed by atoms with Crippen molar-refractivity contribution in [2.75, 3.05) is 10.6 Å². The van der Waals surface area contributed by atoms with Gasteiger partial charge in [-0.1, -0.05) is 18.2 Å². The molecule has 0 spiro atoms. The number of benzene rings is 2. The van der Waals surface area contributed by atoms with E-state index in [1.807, 2.05) is 0 Å². The predicted molar refractivity (Wildman–Crippen MR) is 89.5 cm³/mol. The molecule has 0 aliphatic heterocycles. The lowest BCUT2D eigenvalue weighted by Gasteiger charge is -2.12. The average molecular weight is 348 g/mol. The van der Waals surface area contributed by atoms with Crippen LogP contribution in [0.3, 0.4) is 0 Å². The van der Waals surface area contributed by atoms with Crippen LogP contribution >= 0.6 is 0 Å². The molecule has 2 aromatic carbocycles. The third-order valence-electron chi connectivity index (χ3n) is 3.20. The summed E-state index contributed by atoms with van der Waals surface area (Å²) >= 11 is 0. The molecule has 126 valence electrons. The largest absolute Gasteiger partial charge is 0.478 e. The molecular formula is C16H16N2O5S. The minimum absolute atomic E-state index is 0.0628. The Hall–Kier alpha value is -2.87. The average Bonchev–Trinajstić information content (AvgIpc) is 2.55. The number of carbonyl (C=O) groups is 2. The second-order valence-electron chi connectivity index (χ2n) is 5.07. The van der Waals surface area contributed by atoms with E-state index in [9.17, 15) is 18.0 Å². The second kappa shape index (κ2) is 7.14. The van der Waals surface area contributed by atoms with Gasteiger partial charge in [-0.2, -0.15) is 0 Å². The molecule has 2 rings (SSSR count). The molecule has 0 fully saturated rings. The zero-order valence-electron chi connectivity index (χ0n) is 12.8. The van der Waals surface area contributed by atoms with Crippen LogP contribution in [0.1, 0.15) is 26.3 Å². The minimum atomic E-state index is -3.82. The number of sulfonamides is 1. The molecule has 0 heterocycles. The van der Waals surface area contributed by atoms with Crippen LogP contribution in [0.5, 0.6) is 0 Å². The third kappa shape index (κ3) is 4.56. The number of amides is 1. The lowest BCUT2D eigenvalue weighted by Crippen LogP contribution is -2.32. The van der Waals surface area contributed by atoms with Crippen LogP contribution in [0.25, 0.3) is 0 Å². The lowest BCUT2D eigenvalue weighted by atomic mass is 10.1. The molecule has 7 nitrogen and oxygen atoms in total. The van der Waals surface area contributed by atoms with Crippen molar-refractivity contribution in [2.45, 2.75) is 6.92 Å². The van der Waals surface area contributed by atoms with Crippen LogP contribution in [-0.2, 0) is 10.0 Å². The van der Waals surface area contributed by atoms with Gasteiger partial charge in [0.2, 0.25) is 0 Å². The van der Waals surface area contributed by atoms with Crippen molar-refractivity contribution in [1.82, 2.24) is 5.32 Å². The summed E-state index contributed by atoms with van der Waals surface area (Å²) in [5.41, 5.74) is 1.14. The summed E-state index contributed by atoms with van der Waals surface area (Å²) in [5, 5.41) is 11.2. The molecule has 1 amide bonds. The summed E-state index contributed by atoms with van der Waals surface area (Å²) < 4.78 is 26.5. The van der Waals surface area contributed by atoms with Crippen molar-refractivity contribution in [3.05, 3.63) is 65.2 Å². The van der Waals surface area contributed by atoms with Crippen molar-refractivity contribution in [3.8, 4) is 0 Å². The van der Waals surface area contributed by atoms with Crippen LogP contribution in [0, 0.1) is 6.92 Å². The molecule has 0 radical (unpaired) electrons. The number of aromatic carboxylic acids is 1. The molecule has 8 heteroatoms. The highest BCUT2D eigenvalue weighted by Gasteiger charge is 2.15. The van der Waals surface area contributed by atoms with Gasteiger partial charge in [-0.05, 0) is 42.8 Å². The molecule has 0 atom stereocenters.